The summed E-state index contributed by atoms with van der Waals surface area (Å²) in [4.78, 5) is 31.5. The van der Waals surface area contributed by atoms with Crippen molar-refractivity contribution < 1.29 is 9.59 Å². The summed E-state index contributed by atoms with van der Waals surface area (Å²) >= 11 is 3.53. The van der Waals surface area contributed by atoms with Crippen LogP contribution in [-0.2, 0) is 11.3 Å². The van der Waals surface area contributed by atoms with Gasteiger partial charge in [-0.3, -0.25) is 19.1 Å². The van der Waals surface area contributed by atoms with E-state index in [1.54, 1.807) is 10.8 Å². The third-order valence-electron chi connectivity index (χ3n) is 4.88. The van der Waals surface area contributed by atoms with E-state index in [2.05, 4.69) is 27.8 Å². The lowest BCUT2D eigenvalue weighted by atomic mass is 10.1. The molecule has 0 atom stereocenters. The number of amides is 1. The fourth-order valence-electron chi connectivity index (χ4n) is 3.37. The Morgan fingerprint density at radius 1 is 1.21 bits per heavy atom. The highest BCUT2D eigenvalue weighted by molar-refractivity contribution is 9.10. The van der Waals surface area contributed by atoms with Gasteiger partial charge in [0, 0.05) is 37.8 Å². The molecule has 1 aliphatic rings. The van der Waals surface area contributed by atoms with Gasteiger partial charge in [0.2, 0.25) is 5.91 Å². The number of carbonyl (C=O) groups is 2. The van der Waals surface area contributed by atoms with Crippen LogP contribution in [0.3, 0.4) is 0 Å². The van der Waals surface area contributed by atoms with Crippen LogP contribution in [0.2, 0.25) is 0 Å². The Bertz CT molecular complexity index is 920. The summed E-state index contributed by atoms with van der Waals surface area (Å²) in [5, 5.41) is 0. The highest BCUT2D eigenvalue weighted by Gasteiger charge is 2.20. The maximum absolute atomic E-state index is 13.2. The molecule has 1 fully saturated rings. The van der Waals surface area contributed by atoms with E-state index in [0.717, 1.165) is 42.3 Å². The zero-order valence-electron chi connectivity index (χ0n) is 16.2. The molecule has 148 valence electrons. The lowest BCUT2D eigenvalue weighted by molar-refractivity contribution is -0.128. The molecule has 1 aromatic carbocycles. The molecule has 0 radical (unpaired) electrons. The second-order valence-electron chi connectivity index (χ2n) is 7.06. The maximum atomic E-state index is 13.2. The van der Waals surface area contributed by atoms with E-state index in [1.165, 1.54) is 0 Å². The summed E-state index contributed by atoms with van der Waals surface area (Å²) in [6.07, 6.45) is 6.55. The average molecular weight is 444 g/mol. The van der Waals surface area contributed by atoms with E-state index in [0.29, 0.717) is 30.6 Å². The number of unbranched alkanes of at least 4 members (excludes halogenated alkanes) is 2. The molecule has 1 amide bonds. The first kappa shape index (κ1) is 20.5. The van der Waals surface area contributed by atoms with Crippen molar-refractivity contribution in [1.29, 1.82) is 0 Å². The summed E-state index contributed by atoms with van der Waals surface area (Å²) in [6.45, 7) is 4.20. The molecule has 0 bridgehead atoms. The average Bonchev–Trinajstić information content (AvgIpc) is 3.10. The fourth-order valence-corrected chi connectivity index (χ4v) is 3.84. The smallest absolute Gasteiger partial charge is 0.263 e. The summed E-state index contributed by atoms with van der Waals surface area (Å²) in [5.41, 5.74) is 2.21. The molecule has 0 N–H and O–H groups in total. The van der Waals surface area contributed by atoms with Crippen molar-refractivity contribution in [3.8, 4) is 0 Å². The third-order valence-corrected chi connectivity index (χ3v) is 5.50. The van der Waals surface area contributed by atoms with Crippen molar-refractivity contribution in [2.45, 2.75) is 45.6 Å². The molecule has 0 unspecified atom stereocenters. The SMILES string of the molecule is CCCCCN=c1c(Br)cccn1C(=O)c1cccc(CN2CCCC2=O)c1. The number of carbonyl (C=O) groups excluding carboxylic acids is 2. The van der Waals surface area contributed by atoms with Crippen LogP contribution >= 0.6 is 15.9 Å². The number of pyridine rings is 1. The normalized spacial score (nSPS) is 14.7. The van der Waals surface area contributed by atoms with E-state index in [1.807, 2.05) is 41.3 Å². The number of benzene rings is 1. The van der Waals surface area contributed by atoms with Crippen molar-refractivity contribution in [2.24, 2.45) is 4.99 Å². The molecule has 0 aliphatic carbocycles. The Morgan fingerprint density at radius 3 is 2.82 bits per heavy atom. The minimum absolute atomic E-state index is 0.120. The minimum atomic E-state index is -0.120. The number of halogens is 1. The highest BCUT2D eigenvalue weighted by Crippen LogP contribution is 2.16. The minimum Gasteiger partial charge on any atom is -0.338 e. The van der Waals surface area contributed by atoms with Crippen LogP contribution < -0.4 is 5.49 Å². The summed E-state index contributed by atoms with van der Waals surface area (Å²) in [6, 6.07) is 11.3. The summed E-state index contributed by atoms with van der Waals surface area (Å²) in [7, 11) is 0. The topological polar surface area (TPSA) is 54.7 Å². The van der Waals surface area contributed by atoms with Gasteiger partial charge in [-0.1, -0.05) is 31.9 Å². The molecule has 2 heterocycles. The molecule has 6 heteroatoms. The molecule has 28 heavy (non-hydrogen) atoms. The van der Waals surface area contributed by atoms with Crippen LogP contribution in [0.1, 0.15) is 54.9 Å². The zero-order valence-corrected chi connectivity index (χ0v) is 17.8. The second kappa shape index (κ2) is 9.82. The van der Waals surface area contributed by atoms with Gasteiger partial charge in [0.05, 0.1) is 4.47 Å². The van der Waals surface area contributed by atoms with E-state index < -0.39 is 0 Å². The molecule has 2 aromatic rings. The van der Waals surface area contributed by atoms with Gasteiger partial charge in [0.1, 0.15) is 5.49 Å². The molecule has 1 saturated heterocycles. The van der Waals surface area contributed by atoms with Crippen molar-refractivity contribution in [3.05, 3.63) is 63.7 Å². The van der Waals surface area contributed by atoms with Crippen molar-refractivity contribution >= 4 is 27.7 Å². The molecule has 3 rings (SSSR count). The Hall–Kier alpha value is -2.21. The van der Waals surface area contributed by atoms with Crippen LogP contribution in [0.5, 0.6) is 0 Å². The van der Waals surface area contributed by atoms with Crippen molar-refractivity contribution in [3.63, 3.8) is 0 Å². The number of likely N-dealkylation sites (tertiary alicyclic amines) is 1. The zero-order chi connectivity index (χ0) is 19.9. The standard InChI is InChI=1S/C22H26BrN3O2/c1-2-3-4-12-24-21-19(23)10-6-14-26(21)22(28)18-9-5-8-17(15-18)16-25-13-7-11-20(25)27/h5-6,8-10,14-15H,2-4,7,11-13,16H2,1H3. The second-order valence-corrected chi connectivity index (χ2v) is 7.92. The van der Waals surface area contributed by atoms with Crippen molar-refractivity contribution in [1.82, 2.24) is 9.47 Å². The van der Waals surface area contributed by atoms with Gasteiger partial charge in [-0.15, -0.1) is 0 Å². The first-order valence-corrected chi connectivity index (χ1v) is 10.7. The van der Waals surface area contributed by atoms with Crippen LogP contribution in [0, 0.1) is 0 Å². The number of hydrogen-bond acceptors (Lipinski definition) is 3. The Morgan fingerprint density at radius 2 is 2.07 bits per heavy atom. The maximum Gasteiger partial charge on any atom is 0.263 e. The fraction of sp³-hybridized carbons (Fsp3) is 0.409. The molecule has 0 spiro atoms. The number of aromatic nitrogens is 1. The van der Waals surface area contributed by atoms with E-state index in [4.69, 9.17) is 0 Å². The van der Waals surface area contributed by atoms with E-state index in [9.17, 15) is 9.59 Å². The molecular weight excluding hydrogens is 418 g/mol. The van der Waals surface area contributed by atoms with Gasteiger partial charge < -0.3 is 4.90 Å². The molecular formula is C22H26BrN3O2. The van der Waals surface area contributed by atoms with Crippen LogP contribution in [-0.4, -0.2) is 34.4 Å². The Labute approximate surface area is 174 Å². The molecule has 1 aromatic heterocycles. The third kappa shape index (κ3) is 4.98. The predicted octanol–water partition coefficient (Wildman–Crippen LogP) is 4.15. The number of rotatable bonds is 7. The quantitative estimate of drug-likeness (QED) is 0.603. The summed E-state index contributed by atoms with van der Waals surface area (Å²) < 4.78 is 2.40. The van der Waals surface area contributed by atoms with Gasteiger partial charge in [0.25, 0.3) is 5.91 Å². The number of nitrogens with zero attached hydrogens (tertiary/aromatic N) is 3. The van der Waals surface area contributed by atoms with Crippen LogP contribution in [0.4, 0.5) is 0 Å². The highest BCUT2D eigenvalue weighted by atomic mass is 79.9. The van der Waals surface area contributed by atoms with Gasteiger partial charge >= 0.3 is 0 Å². The van der Waals surface area contributed by atoms with Gasteiger partial charge in [-0.2, -0.15) is 0 Å². The summed E-state index contributed by atoms with van der Waals surface area (Å²) in [5.74, 6) is 0.0661. The molecule has 5 nitrogen and oxygen atoms in total. The lowest BCUT2D eigenvalue weighted by Gasteiger charge is -2.16. The lowest BCUT2D eigenvalue weighted by Crippen LogP contribution is -2.29. The predicted molar refractivity (Wildman–Crippen MR) is 113 cm³/mol. The Kier molecular flexibility index (Phi) is 7.20. The van der Waals surface area contributed by atoms with Crippen molar-refractivity contribution in [2.75, 3.05) is 13.1 Å². The van der Waals surface area contributed by atoms with E-state index >= 15 is 0 Å². The first-order valence-electron chi connectivity index (χ1n) is 9.89. The first-order chi connectivity index (χ1) is 13.6. The van der Waals surface area contributed by atoms with Gasteiger partial charge in [-0.05, 0) is 58.6 Å². The molecule has 0 saturated carbocycles. The largest absolute Gasteiger partial charge is 0.338 e. The van der Waals surface area contributed by atoms with Crippen LogP contribution in [0.15, 0.2) is 52.1 Å². The number of hydrogen-bond donors (Lipinski definition) is 0. The monoisotopic (exact) mass is 443 g/mol. The van der Waals surface area contributed by atoms with Crippen LogP contribution in [0.25, 0.3) is 0 Å². The van der Waals surface area contributed by atoms with Gasteiger partial charge in [-0.25, -0.2) is 0 Å². The van der Waals surface area contributed by atoms with E-state index in [-0.39, 0.29) is 11.8 Å². The van der Waals surface area contributed by atoms with Gasteiger partial charge in [0.15, 0.2) is 0 Å². The Balaban J connectivity index is 1.85. The molecule has 1 aliphatic heterocycles.